The van der Waals surface area contributed by atoms with Crippen molar-refractivity contribution in [2.24, 2.45) is 11.8 Å². The zero-order chi connectivity index (χ0) is 24.9. The van der Waals surface area contributed by atoms with Crippen LogP contribution in [0, 0.1) is 24.6 Å². The van der Waals surface area contributed by atoms with E-state index in [4.69, 9.17) is 0 Å². The molecule has 3 N–H and O–H groups in total. The van der Waals surface area contributed by atoms with Gasteiger partial charge in [0.25, 0.3) is 0 Å². The average Bonchev–Trinajstić information content (AvgIpc) is 3.20. The lowest BCUT2D eigenvalue weighted by Gasteiger charge is -2.39. The Bertz CT molecular complexity index is 1070. The molecule has 1 aromatic heterocycles. The van der Waals surface area contributed by atoms with E-state index >= 15 is 0 Å². The van der Waals surface area contributed by atoms with Gasteiger partial charge in [-0.2, -0.15) is 0 Å². The molecule has 3 atom stereocenters. The summed E-state index contributed by atoms with van der Waals surface area (Å²) in [5, 5.41) is 9.32. The molecular weight excluding hydrogens is 469 g/mol. The quantitative estimate of drug-likeness (QED) is 0.527. The lowest BCUT2D eigenvalue weighted by atomic mass is 9.88. The van der Waals surface area contributed by atoms with E-state index in [1.54, 1.807) is 6.92 Å². The van der Waals surface area contributed by atoms with Gasteiger partial charge in [-0.3, -0.25) is 14.9 Å². The predicted molar refractivity (Wildman–Crippen MR) is 133 cm³/mol. The molecule has 2 fully saturated rings. The van der Waals surface area contributed by atoms with Crippen molar-refractivity contribution in [1.29, 1.82) is 0 Å². The number of benzene rings is 1. The Morgan fingerprint density at radius 3 is 2.71 bits per heavy atom. The summed E-state index contributed by atoms with van der Waals surface area (Å²) in [4.78, 5) is 44.5. The molecule has 35 heavy (non-hydrogen) atoms. The lowest BCUT2D eigenvalue weighted by Crippen LogP contribution is -2.57. The van der Waals surface area contributed by atoms with Crippen LogP contribution in [0.4, 0.5) is 14.3 Å². The van der Waals surface area contributed by atoms with E-state index in [0.717, 1.165) is 36.2 Å². The van der Waals surface area contributed by atoms with Crippen LogP contribution in [0.3, 0.4) is 0 Å². The van der Waals surface area contributed by atoms with E-state index in [9.17, 15) is 18.8 Å². The van der Waals surface area contributed by atoms with E-state index in [1.165, 1.54) is 19.1 Å². The molecule has 2 aliphatic heterocycles. The molecule has 0 bridgehead atoms. The van der Waals surface area contributed by atoms with Gasteiger partial charge >= 0.3 is 6.03 Å². The number of aryl methyl sites for hydroxylation is 1. The molecule has 0 spiro atoms. The largest absolute Gasteiger partial charge is 0.342 e. The van der Waals surface area contributed by atoms with Crippen molar-refractivity contribution in [3.63, 3.8) is 0 Å². The zero-order valence-electron chi connectivity index (χ0n) is 20.1. The van der Waals surface area contributed by atoms with Gasteiger partial charge < -0.3 is 15.5 Å². The third kappa shape index (κ3) is 6.43. The first kappa shape index (κ1) is 25.2. The summed E-state index contributed by atoms with van der Waals surface area (Å²) in [5.41, 5.74) is 1.67. The standard InChI is InChI=1S/C25H32FN5O3S/c1-15-22(16(2)32)35-25(28-15)30-24(34)29-21-9-10-27-13-20(21)23(33)31-11-3-4-18(14-31)12-17-5-7-19(26)8-6-17/h5-8,18,20-21,27H,3-4,9-14H2,1-2H3,(H2,28,29,30,34)/t18-,20-,21+/m0/s1. The van der Waals surface area contributed by atoms with E-state index in [1.807, 2.05) is 17.0 Å². The predicted octanol–water partition coefficient (Wildman–Crippen LogP) is 3.37. The smallest absolute Gasteiger partial charge is 0.321 e. The van der Waals surface area contributed by atoms with Crippen LogP contribution >= 0.6 is 11.3 Å². The van der Waals surface area contributed by atoms with Crippen molar-refractivity contribution in [3.05, 3.63) is 46.2 Å². The van der Waals surface area contributed by atoms with E-state index in [2.05, 4.69) is 20.9 Å². The second-order valence-corrected chi connectivity index (χ2v) is 10.4. The zero-order valence-corrected chi connectivity index (χ0v) is 20.9. The number of carbonyl (C=O) groups excluding carboxylic acids is 3. The number of piperidine rings is 2. The number of aromatic nitrogens is 1. The molecule has 1 aromatic carbocycles. The van der Waals surface area contributed by atoms with Gasteiger partial charge in [0.15, 0.2) is 10.9 Å². The number of hydrogen-bond acceptors (Lipinski definition) is 6. The molecule has 2 saturated heterocycles. The molecule has 2 aromatic rings. The van der Waals surface area contributed by atoms with Crippen molar-refractivity contribution >= 4 is 34.2 Å². The van der Waals surface area contributed by atoms with Crippen molar-refractivity contribution < 1.29 is 18.8 Å². The van der Waals surface area contributed by atoms with Gasteiger partial charge in [0.05, 0.1) is 16.5 Å². The number of carbonyl (C=O) groups is 3. The molecule has 0 unspecified atom stereocenters. The Labute approximate surface area is 208 Å². The Morgan fingerprint density at radius 1 is 1.23 bits per heavy atom. The summed E-state index contributed by atoms with van der Waals surface area (Å²) in [5.74, 6) is -0.309. The summed E-state index contributed by atoms with van der Waals surface area (Å²) in [6.45, 7) is 5.80. The van der Waals surface area contributed by atoms with Crippen molar-refractivity contribution in [3.8, 4) is 0 Å². The van der Waals surface area contributed by atoms with Gasteiger partial charge in [-0.25, -0.2) is 14.2 Å². The molecule has 188 valence electrons. The molecule has 0 radical (unpaired) electrons. The molecule has 0 saturated carbocycles. The highest BCUT2D eigenvalue weighted by Gasteiger charge is 2.36. The molecule has 8 nitrogen and oxygen atoms in total. The number of Topliss-reactive ketones (excluding diaryl/α,β-unsaturated/α-hetero) is 1. The van der Waals surface area contributed by atoms with Crippen LogP contribution in [0.2, 0.25) is 0 Å². The lowest BCUT2D eigenvalue weighted by molar-refractivity contribution is -0.138. The van der Waals surface area contributed by atoms with Gasteiger partial charge in [0.2, 0.25) is 5.91 Å². The minimum atomic E-state index is -0.425. The van der Waals surface area contributed by atoms with Gasteiger partial charge in [0, 0.05) is 32.6 Å². The SMILES string of the molecule is CC(=O)c1sc(NC(=O)N[C@@H]2CCNC[C@@H]2C(=O)N2CCC[C@@H](Cc3ccc(F)cc3)C2)nc1C. The fraction of sp³-hybridized carbons (Fsp3) is 0.520. The van der Waals surface area contributed by atoms with E-state index in [0.29, 0.717) is 54.2 Å². The van der Waals surface area contributed by atoms with Gasteiger partial charge in [-0.05, 0) is 62.8 Å². The van der Waals surface area contributed by atoms with Gasteiger partial charge in [-0.1, -0.05) is 23.5 Å². The second kappa shape index (κ2) is 11.3. The highest BCUT2D eigenvalue weighted by Crippen LogP contribution is 2.25. The number of urea groups is 1. The number of likely N-dealkylation sites (tertiary alicyclic amines) is 1. The van der Waals surface area contributed by atoms with Crippen LogP contribution in [0.25, 0.3) is 0 Å². The molecule has 3 heterocycles. The van der Waals surface area contributed by atoms with Crippen molar-refractivity contribution in [1.82, 2.24) is 20.5 Å². The molecule has 10 heteroatoms. The van der Waals surface area contributed by atoms with E-state index in [-0.39, 0.29) is 29.5 Å². The third-order valence-corrected chi connectivity index (χ3v) is 7.89. The molecular formula is C25H32FN5O3S. The topological polar surface area (TPSA) is 103 Å². The molecule has 2 aliphatic rings. The molecule has 4 rings (SSSR count). The van der Waals surface area contributed by atoms with Crippen molar-refractivity contribution in [2.75, 3.05) is 31.5 Å². The number of halogens is 1. The number of hydrogen-bond donors (Lipinski definition) is 3. The van der Waals surface area contributed by atoms with Crippen LogP contribution < -0.4 is 16.0 Å². The Kier molecular flexibility index (Phi) is 8.12. The van der Waals surface area contributed by atoms with Crippen LogP contribution in [0.15, 0.2) is 24.3 Å². The maximum atomic E-state index is 13.5. The van der Waals surface area contributed by atoms with Crippen LogP contribution in [-0.4, -0.2) is 59.8 Å². The molecule has 3 amide bonds. The van der Waals surface area contributed by atoms with Crippen molar-refractivity contribution in [2.45, 2.75) is 45.6 Å². The fourth-order valence-electron chi connectivity index (χ4n) is 4.99. The number of ketones is 1. The first-order valence-corrected chi connectivity index (χ1v) is 12.9. The minimum absolute atomic E-state index is 0.0512. The number of anilines is 1. The first-order chi connectivity index (χ1) is 16.8. The van der Waals surface area contributed by atoms with Crippen LogP contribution in [-0.2, 0) is 11.2 Å². The molecule has 0 aliphatic carbocycles. The van der Waals surface area contributed by atoms with Crippen LogP contribution in [0.5, 0.6) is 0 Å². The maximum absolute atomic E-state index is 13.5. The third-order valence-electron chi connectivity index (χ3n) is 6.72. The van der Waals surface area contributed by atoms with E-state index < -0.39 is 6.03 Å². The summed E-state index contributed by atoms with van der Waals surface area (Å²) in [6, 6.07) is 5.85. The summed E-state index contributed by atoms with van der Waals surface area (Å²) in [7, 11) is 0. The highest BCUT2D eigenvalue weighted by atomic mass is 32.1. The number of rotatable bonds is 6. The number of thiazole rings is 1. The summed E-state index contributed by atoms with van der Waals surface area (Å²) < 4.78 is 13.2. The Balaban J connectivity index is 1.36. The number of amides is 3. The minimum Gasteiger partial charge on any atom is -0.342 e. The Morgan fingerprint density at radius 2 is 2.00 bits per heavy atom. The number of nitrogens with one attached hydrogen (secondary N) is 3. The Hall–Kier alpha value is -2.85. The second-order valence-electron chi connectivity index (χ2n) is 9.42. The highest BCUT2D eigenvalue weighted by molar-refractivity contribution is 7.17. The normalized spacial score (nSPS) is 22.5. The maximum Gasteiger partial charge on any atom is 0.321 e. The summed E-state index contributed by atoms with van der Waals surface area (Å²) >= 11 is 1.15. The van der Waals surface area contributed by atoms with Gasteiger partial charge in [-0.15, -0.1) is 0 Å². The monoisotopic (exact) mass is 501 g/mol. The summed E-state index contributed by atoms with van der Waals surface area (Å²) in [6.07, 6.45) is 3.42. The average molecular weight is 502 g/mol. The first-order valence-electron chi connectivity index (χ1n) is 12.1. The fourth-order valence-corrected chi connectivity index (χ4v) is 5.85. The number of nitrogens with zero attached hydrogens (tertiary/aromatic N) is 2. The van der Waals surface area contributed by atoms with Gasteiger partial charge in [0.1, 0.15) is 5.82 Å². The van der Waals surface area contributed by atoms with Crippen LogP contribution in [0.1, 0.15) is 47.1 Å².